The summed E-state index contributed by atoms with van der Waals surface area (Å²) in [5.41, 5.74) is 6.32. The molecule has 4 rings (SSSR count). The third-order valence-electron chi connectivity index (χ3n) is 4.83. The molecule has 0 unspecified atom stereocenters. The Balaban J connectivity index is 1.43. The highest BCUT2D eigenvalue weighted by molar-refractivity contribution is 7.20. The van der Waals surface area contributed by atoms with E-state index in [1.807, 2.05) is 42.5 Å². The van der Waals surface area contributed by atoms with Gasteiger partial charge in [0, 0.05) is 31.4 Å². The van der Waals surface area contributed by atoms with Crippen LogP contribution in [0.15, 0.2) is 54.6 Å². The molecule has 1 fully saturated rings. The molecule has 0 saturated carbocycles. The van der Waals surface area contributed by atoms with Crippen LogP contribution in [-0.4, -0.2) is 54.5 Å². The van der Waals surface area contributed by atoms with E-state index < -0.39 is 5.91 Å². The summed E-state index contributed by atoms with van der Waals surface area (Å²) >= 11 is 1.16. The first-order valence-corrected chi connectivity index (χ1v) is 10.7. The van der Waals surface area contributed by atoms with Crippen LogP contribution in [0, 0.1) is 0 Å². The van der Waals surface area contributed by atoms with Gasteiger partial charge in [0.05, 0.1) is 13.2 Å². The number of carbonyl (C=O) groups excluding carboxylic acids is 2. The predicted molar refractivity (Wildman–Crippen MR) is 123 cm³/mol. The number of ether oxygens (including phenoxy) is 1. The number of morpholine rings is 1. The number of aromatic nitrogens is 1. The topological polar surface area (TPSA) is 110 Å². The van der Waals surface area contributed by atoms with Crippen molar-refractivity contribution in [2.24, 2.45) is 5.73 Å². The number of primary amides is 1. The van der Waals surface area contributed by atoms with Gasteiger partial charge in [-0.2, -0.15) is 0 Å². The fourth-order valence-electron chi connectivity index (χ4n) is 3.26. The molecule has 0 aliphatic carbocycles. The minimum atomic E-state index is -0.699. The van der Waals surface area contributed by atoms with E-state index in [1.165, 1.54) is 6.08 Å². The van der Waals surface area contributed by atoms with Gasteiger partial charge >= 0.3 is 0 Å². The number of nitrogens with two attached hydrogens (primary N) is 1. The molecule has 4 N–H and O–H groups in total. The molecule has 0 spiro atoms. The third kappa shape index (κ3) is 5.46. The maximum Gasteiger partial charge on any atom is 0.270 e. The summed E-state index contributed by atoms with van der Waals surface area (Å²) in [6.07, 6.45) is 3.25. The number of hydrogen-bond donors (Lipinski definition) is 3. The zero-order chi connectivity index (χ0) is 21.6. The van der Waals surface area contributed by atoms with Gasteiger partial charge in [0.15, 0.2) is 10.8 Å². The number of amides is 2. The lowest BCUT2D eigenvalue weighted by Crippen LogP contribution is -2.36. The van der Waals surface area contributed by atoms with E-state index in [0.29, 0.717) is 29.9 Å². The molecule has 3 aromatic rings. The molecule has 0 bridgehead atoms. The molecular weight excluding hydrogens is 414 g/mol. The van der Waals surface area contributed by atoms with Crippen molar-refractivity contribution in [2.75, 3.05) is 43.5 Å². The van der Waals surface area contributed by atoms with E-state index in [9.17, 15) is 9.59 Å². The van der Waals surface area contributed by atoms with Crippen molar-refractivity contribution in [1.29, 1.82) is 0 Å². The number of carbonyl (C=O) groups is 2. The third-order valence-corrected chi connectivity index (χ3v) is 5.72. The second kappa shape index (κ2) is 9.69. The quantitative estimate of drug-likeness (QED) is 0.490. The number of hydrogen-bond acceptors (Lipinski definition) is 7. The lowest BCUT2D eigenvalue weighted by Gasteiger charge is -2.24. The van der Waals surface area contributed by atoms with Gasteiger partial charge in [-0.25, -0.2) is 4.98 Å². The van der Waals surface area contributed by atoms with Crippen molar-refractivity contribution in [2.45, 2.75) is 0 Å². The van der Waals surface area contributed by atoms with Gasteiger partial charge in [0.25, 0.3) is 5.91 Å². The number of anilines is 3. The van der Waals surface area contributed by atoms with Crippen molar-refractivity contribution in [1.82, 2.24) is 9.88 Å². The molecule has 31 heavy (non-hydrogen) atoms. The van der Waals surface area contributed by atoms with Crippen molar-refractivity contribution in [3.63, 3.8) is 0 Å². The summed E-state index contributed by atoms with van der Waals surface area (Å²) in [5.74, 6) is -1.04. The average Bonchev–Trinajstić information content (AvgIpc) is 3.16. The average molecular weight is 438 g/mol. The molecular formula is C22H23N5O3S. The smallest absolute Gasteiger partial charge is 0.270 e. The Labute approximate surface area is 183 Å². The minimum Gasteiger partial charge on any atom is -0.379 e. The first kappa shape index (κ1) is 21.0. The Kier molecular flexibility index (Phi) is 6.56. The molecule has 160 valence electrons. The van der Waals surface area contributed by atoms with E-state index in [-0.39, 0.29) is 11.6 Å². The molecule has 1 aliphatic heterocycles. The van der Waals surface area contributed by atoms with Gasteiger partial charge in [-0.1, -0.05) is 47.7 Å². The number of nitrogens with zero attached hydrogens (tertiary/aromatic N) is 2. The fourth-order valence-corrected chi connectivity index (χ4v) is 4.16. The van der Waals surface area contributed by atoms with Crippen LogP contribution in [0.2, 0.25) is 0 Å². The molecule has 8 nitrogen and oxygen atoms in total. The van der Waals surface area contributed by atoms with Gasteiger partial charge in [-0.3, -0.25) is 14.5 Å². The SMILES string of the molecule is NC(=O)c1nc(Nc2ccc3ccccc3c2)sc1NC(=O)C=CCN1CCOCC1. The molecule has 0 atom stereocenters. The second-order valence-electron chi connectivity index (χ2n) is 7.05. The first-order chi connectivity index (χ1) is 15.1. The molecule has 2 amide bonds. The van der Waals surface area contributed by atoms with E-state index in [0.717, 1.165) is 40.9 Å². The van der Waals surface area contributed by atoms with Gasteiger partial charge in [-0.05, 0) is 22.9 Å². The van der Waals surface area contributed by atoms with Crippen molar-refractivity contribution in [3.05, 3.63) is 60.3 Å². The van der Waals surface area contributed by atoms with Crippen molar-refractivity contribution >= 4 is 49.7 Å². The van der Waals surface area contributed by atoms with Crippen LogP contribution in [-0.2, 0) is 9.53 Å². The summed E-state index contributed by atoms with van der Waals surface area (Å²) in [4.78, 5) is 30.6. The van der Waals surface area contributed by atoms with Gasteiger partial charge in [0.2, 0.25) is 5.91 Å². The maximum absolute atomic E-state index is 12.3. The van der Waals surface area contributed by atoms with Gasteiger partial charge in [-0.15, -0.1) is 0 Å². The summed E-state index contributed by atoms with van der Waals surface area (Å²) in [7, 11) is 0. The first-order valence-electron chi connectivity index (χ1n) is 9.92. The molecule has 1 aromatic heterocycles. The van der Waals surface area contributed by atoms with Gasteiger partial charge in [0.1, 0.15) is 5.00 Å². The summed E-state index contributed by atoms with van der Waals surface area (Å²) in [5, 5.41) is 8.89. The predicted octanol–water partition coefficient (Wildman–Crippen LogP) is 2.97. The van der Waals surface area contributed by atoms with Crippen LogP contribution in [0.1, 0.15) is 10.5 Å². The Morgan fingerprint density at radius 3 is 2.71 bits per heavy atom. The van der Waals surface area contributed by atoms with Crippen LogP contribution >= 0.6 is 11.3 Å². The fraction of sp³-hybridized carbons (Fsp3) is 0.227. The molecule has 9 heteroatoms. The number of thiazole rings is 1. The highest BCUT2D eigenvalue weighted by atomic mass is 32.1. The highest BCUT2D eigenvalue weighted by Crippen LogP contribution is 2.31. The summed E-state index contributed by atoms with van der Waals surface area (Å²) < 4.78 is 5.31. The zero-order valence-electron chi connectivity index (χ0n) is 16.8. The minimum absolute atomic E-state index is 0.0308. The number of nitrogens with one attached hydrogen (secondary N) is 2. The second-order valence-corrected chi connectivity index (χ2v) is 8.05. The Morgan fingerprint density at radius 2 is 1.94 bits per heavy atom. The standard InChI is InChI=1S/C22H23N5O3S/c23-20(29)19-21(25-18(28)6-3-9-27-10-12-30-13-11-27)31-22(26-19)24-17-8-7-15-4-1-2-5-16(15)14-17/h1-8,14H,9-13H2,(H2,23,29)(H,24,26)(H,25,28). The molecule has 2 heterocycles. The Morgan fingerprint density at radius 1 is 1.16 bits per heavy atom. The molecule has 1 saturated heterocycles. The van der Waals surface area contributed by atoms with Crippen LogP contribution < -0.4 is 16.4 Å². The number of rotatable bonds is 7. The van der Waals surface area contributed by atoms with E-state index >= 15 is 0 Å². The van der Waals surface area contributed by atoms with Crippen molar-refractivity contribution < 1.29 is 14.3 Å². The number of fused-ring (bicyclic) bond motifs is 1. The van der Waals surface area contributed by atoms with E-state index in [4.69, 9.17) is 10.5 Å². The zero-order valence-corrected chi connectivity index (χ0v) is 17.7. The Hall–Kier alpha value is -3.27. The maximum atomic E-state index is 12.3. The number of benzene rings is 2. The normalized spacial score (nSPS) is 14.7. The molecule has 2 aromatic carbocycles. The van der Waals surface area contributed by atoms with E-state index in [2.05, 4.69) is 20.5 Å². The monoisotopic (exact) mass is 437 g/mol. The van der Waals surface area contributed by atoms with Crippen LogP contribution in [0.25, 0.3) is 10.8 Å². The van der Waals surface area contributed by atoms with Crippen LogP contribution in [0.4, 0.5) is 15.8 Å². The highest BCUT2D eigenvalue weighted by Gasteiger charge is 2.18. The lowest BCUT2D eigenvalue weighted by molar-refractivity contribution is -0.111. The Bertz CT molecular complexity index is 1120. The lowest BCUT2D eigenvalue weighted by atomic mass is 10.1. The summed E-state index contributed by atoms with van der Waals surface area (Å²) in [6.45, 7) is 3.76. The molecule has 0 radical (unpaired) electrons. The van der Waals surface area contributed by atoms with Crippen LogP contribution in [0.5, 0.6) is 0 Å². The van der Waals surface area contributed by atoms with Crippen LogP contribution in [0.3, 0.4) is 0 Å². The molecule has 1 aliphatic rings. The van der Waals surface area contributed by atoms with Gasteiger partial charge < -0.3 is 21.1 Å². The largest absolute Gasteiger partial charge is 0.379 e. The van der Waals surface area contributed by atoms with E-state index in [1.54, 1.807) is 6.08 Å². The van der Waals surface area contributed by atoms with Crippen molar-refractivity contribution in [3.8, 4) is 0 Å². The summed E-state index contributed by atoms with van der Waals surface area (Å²) in [6, 6.07) is 13.9.